The van der Waals surface area contributed by atoms with Crippen molar-refractivity contribution in [3.8, 4) is 0 Å². The number of halogens is 2. The average molecular weight is 298 g/mol. The van der Waals surface area contributed by atoms with Crippen molar-refractivity contribution in [1.29, 1.82) is 0 Å². The van der Waals surface area contributed by atoms with Crippen LogP contribution in [0.2, 0.25) is 5.02 Å². The van der Waals surface area contributed by atoms with Crippen LogP contribution in [0.5, 0.6) is 0 Å². The molecule has 20 heavy (non-hydrogen) atoms. The number of hydrogen-bond donors (Lipinski definition) is 1. The maximum Gasteiger partial charge on any atom is 0.129 e. The summed E-state index contributed by atoms with van der Waals surface area (Å²) in [6, 6.07) is 4.59. The van der Waals surface area contributed by atoms with E-state index in [0.29, 0.717) is 16.3 Å². The first-order valence-corrected chi connectivity index (χ1v) is 7.00. The van der Waals surface area contributed by atoms with Gasteiger partial charge in [-0.05, 0) is 25.0 Å². The van der Waals surface area contributed by atoms with Crippen molar-refractivity contribution in [2.24, 2.45) is 0 Å². The van der Waals surface area contributed by atoms with Crippen LogP contribution in [-0.4, -0.2) is 20.1 Å². The number of rotatable bonds is 6. The summed E-state index contributed by atoms with van der Waals surface area (Å²) in [6.07, 6.45) is 2.74. The molecule has 1 N–H and O–H groups in total. The Morgan fingerprint density at radius 2 is 2.20 bits per heavy atom. The molecule has 0 aliphatic carbocycles. The van der Waals surface area contributed by atoms with E-state index in [0.717, 1.165) is 25.0 Å². The maximum absolute atomic E-state index is 13.8. The first-order valence-electron chi connectivity index (χ1n) is 6.62. The highest BCUT2D eigenvalue weighted by molar-refractivity contribution is 6.31. The maximum atomic E-state index is 13.8. The third-order valence-corrected chi connectivity index (χ3v) is 3.56. The Labute approximate surface area is 122 Å². The number of aromatic nitrogens is 3. The number of benzene rings is 1. The van der Waals surface area contributed by atoms with Gasteiger partial charge in [-0.15, -0.1) is 5.10 Å². The molecule has 0 fully saturated rings. The summed E-state index contributed by atoms with van der Waals surface area (Å²) < 4.78 is 15.4. The largest absolute Gasteiger partial charge is 0.390 e. The summed E-state index contributed by atoms with van der Waals surface area (Å²) in [7, 11) is 0. The van der Waals surface area contributed by atoms with Gasteiger partial charge >= 0.3 is 0 Å². The molecule has 0 radical (unpaired) electrons. The minimum absolute atomic E-state index is 0.163. The van der Waals surface area contributed by atoms with E-state index in [2.05, 4.69) is 17.2 Å². The predicted molar refractivity (Wildman–Crippen MR) is 75.1 cm³/mol. The third kappa shape index (κ3) is 3.16. The van der Waals surface area contributed by atoms with Gasteiger partial charge in [-0.25, -0.2) is 9.07 Å². The van der Waals surface area contributed by atoms with E-state index in [4.69, 9.17) is 11.6 Å². The molecule has 0 saturated heterocycles. The zero-order valence-electron chi connectivity index (χ0n) is 11.3. The van der Waals surface area contributed by atoms with Crippen molar-refractivity contribution in [3.63, 3.8) is 0 Å². The highest BCUT2D eigenvalue weighted by Gasteiger charge is 2.15. The quantitative estimate of drug-likeness (QED) is 0.892. The fourth-order valence-electron chi connectivity index (χ4n) is 2.07. The summed E-state index contributed by atoms with van der Waals surface area (Å²) in [5.74, 6) is -0.361. The molecule has 0 atom stereocenters. The molecule has 108 valence electrons. The van der Waals surface area contributed by atoms with E-state index < -0.39 is 0 Å². The molecule has 0 aliphatic rings. The smallest absolute Gasteiger partial charge is 0.129 e. The first kappa shape index (κ1) is 14.9. The van der Waals surface area contributed by atoms with Crippen LogP contribution < -0.4 is 0 Å². The zero-order chi connectivity index (χ0) is 14.5. The van der Waals surface area contributed by atoms with E-state index in [1.54, 1.807) is 16.8 Å². The van der Waals surface area contributed by atoms with Crippen LogP contribution >= 0.6 is 11.6 Å². The molecule has 4 nitrogen and oxygen atoms in total. The van der Waals surface area contributed by atoms with Crippen molar-refractivity contribution in [2.75, 3.05) is 0 Å². The highest BCUT2D eigenvalue weighted by atomic mass is 35.5. The Bertz CT molecular complexity index is 566. The standard InChI is InChI=1S/C14H17ClFN3O/c1-2-3-7-14-13(9-20)17-18-19(14)8-10-11(15)5-4-6-12(10)16/h4-6,20H,2-3,7-9H2,1H3. The molecule has 0 aliphatic heterocycles. The fraction of sp³-hybridized carbons (Fsp3) is 0.429. The second-order valence-corrected chi connectivity index (χ2v) is 5.01. The summed E-state index contributed by atoms with van der Waals surface area (Å²) in [6.45, 7) is 2.14. The molecule has 0 spiro atoms. The molecule has 0 amide bonds. The summed E-state index contributed by atoms with van der Waals surface area (Å²) in [4.78, 5) is 0. The van der Waals surface area contributed by atoms with Crippen LogP contribution in [0.3, 0.4) is 0 Å². The van der Waals surface area contributed by atoms with Gasteiger partial charge in [-0.2, -0.15) is 0 Å². The van der Waals surface area contributed by atoms with E-state index in [1.165, 1.54) is 6.07 Å². The summed E-state index contributed by atoms with van der Waals surface area (Å²) in [5, 5.41) is 17.6. The molecular formula is C14H17ClFN3O. The van der Waals surface area contributed by atoms with Crippen LogP contribution in [-0.2, 0) is 19.6 Å². The SMILES string of the molecule is CCCCc1c(CO)nnn1Cc1c(F)cccc1Cl. The van der Waals surface area contributed by atoms with E-state index in [-0.39, 0.29) is 19.0 Å². The lowest BCUT2D eigenvalue weighted by Gasteiger charge is -2.09. The lowest BCUT2D eigenvalue weighted by molar-refractivity contribution is 0.275. The second kappa shape index (κ2) is 6.81. The Hall–Kier alpha value is -1.46. The lowest BCUT2D eigenvalue weighted by Crippen LogP contribution is -2.09. The molecule has 0 bridgehead atoms. The van der Waals surface area contributed by atoms with Crippen molar-refractivity contribution < 1.29 is 9.50 Å². The molecule has 1 aromatic heterocycles. The Kier molecular flexibility index (Phi) is 5.09. The normalized spacial score (nSPS) is 11.0. The van der Waals surface area contributed by atoms with Crippen LogP contribution in [0.1, 0.15) is 36.7 Å². The topological polar surface area (TPSA) is 50.9 Å². The van der Waals surface area contributed by atoms with Gasteiger partial charge in [0.05, 0.1) is 18.8 Å². The summed E-state index contributed by atoms with van der Waals surface area (Å²) >= 11 is 6.03. The monoisotopic (exact) mass is 297 g/mol. The minimum atomic E-state index is -0.361. The number of aliphatic hydroxyl groups is 1. The van der Waals surface area contributed by atoms with Gasteiger partial charge in [0.1, 0.15) is 11.5 Å². The van der Waals surface area contributed by atoms with Crippen LogP contribution in [0, 0.1) is 5.82 Å². The molecule has 6 heteroatoms. The van der Waals surface area contributed by atoms with Gasteiger partial charge < -0.3 is 5.11 Å². The van der Waals surface area contributed by atoms with Crippen molar-refractivity contribution >= 4 is 11.6 Å². The molecule has 2 rings (SSSR count). The van der Waals surface area contributed by atoms with E-state index in [9.17, 15) is 9.50 Å². The molecular weight excluding hydrogens is 281 g/mol. The molecule has 0 unspecified atom stereocenters. The molecule has 0 saturated carbocycles. The first-order chi connectivity index (χ1) is 9.67. The van der Waals surface area contributed by atoms with Gasteiger partial charge in [-0.3, -0.25) is 0 Å². The van der Waals surface area contributed by atoms with Gasteiger partial charge in [0.2, 0.25) is 0 Å². The van der Waals surface area contributed by atoms with Gasteiger partial charge in [0.25, 0.3) is 0 Å². The third-order valence-electron chi connectivity index (χ3n) is 3.20. The Balaban J connectivity index is 2.31. The number of unbranched alkanes of at least 4 members (excludes halogenated alkanes) is 1. The number of nitrogens with zero attached hydrogens (tertiary/aromatic N) is 3. The summed E-state index contributed by atoms with van der Waals surface area (Å²) in [5.41, 5.74) is 1.78. The average Bonchev–Trinajstić information content (AvgIpc) is 2.82. The minimum Gasteiger partial charge on any atom is -0.390 e. The molecule has 1 aromatic carbocycles. The van der Waals surface area contributed by atoms with E-state index >= 15 is 0 Å². The van der Waals surface area contributed by atoms with Crippen LogP contribution in [0.15, 0.2) is 18.2 Å². The molecule has 1 heterocycles. The zero-order valence-corrected chi connectivity index (χ0v) is 12.1. The van der Waals surface area contributed by atoms with E-state index in [1.807, 2.05) is 0 Å². The lowest BCUT2D eigenvalue weighted by atomic mass is 10.1. The van der Waals surface area contributed by atoms with Crippen molar-refractivity contribution in [3.05, 3.63) is 46.0 Å². The van der Waals surface area contributed by atoms with Crippen molar-refractivity contribution in [1.82, 2.24) is 15.0 Å². The second-order valence-electron chi connectivity index (χ2n) is 4.60. The van der Waals surface area contributed by atoms with Gasteiger partial charge in [0, 0.05) is 10.6 Å². The molecule has 2 aromatic rings. The Morgan fingerprint density at radius 3 is 2.85 bits per heavy atom. The number of hydrogen-bond acceptors (Lipinski definition) is 3. The van der Waals surface area contributed by atoms with Crippen LogP contribution in [0.25, 0.3) is 0 Å². The van der Waals surface area contributed by atoms with Crippen LogP contribution in [0.4, 0.5) is 4.39 Å². The van der Waals surface area contributed by atoms with Crippen molar-refractivity contribution in [2.45, 2.75) is 39.3 Å². The fourth-order valence-corrected chi connectivity index (χ4v) is 2.29. The van der Waals surface area contributed by atoms with Gasteiger partial charge in [-0.1, -0.05) is 36.2 Å². The predicted octanol–water partition coefficient (Wildman–Crippen LogP) is 2.95. The van der Waals surface area contributed by atoms with Gasteiger partial charge in [0.15, 0.2) is 0 Å². The Morgan fingerprint density at radius 1 is 1.40 bits per heavy atom. The highest BCUT2D eigenvalue weighted by Crippen LogP contribution is 2.21. The number of aliphatic hydroxyl groups excluding tert-OH is 1.